The van der Waals surface area contributed by atoms with Crippen molar-refractivity contribution < 1.29 is 14.6 Å². The van der Waals surface area contributed by atoms with Crippen LogP contribution < -0.4 is 0 Å². The number of aromatic nitrogens is 2. The van der Waals surface area contributed by atoms with Gasteiger partial charge in [0.15, 0.2) is 0 Å². The normalized spacial score (nSPS) is 22.8. The van der Waals surface area contributed by atoms with E-state index in [1.165, 1.54) is 0 Å². The Kier molecular flexibility index (Phi) is 4.11. The van der Waals surface area contributed by atoms with Crippen LogP contribution in [0.15, 0.2) is 6.20 Å². The number of ether oxygens (including phenoxy) is 1. The highest BCUT2D eigenvalue weighted by Crippen LogP contribution is 2.22. The number of hydrogen-bond donors (Lipinski definition) is 1. The first-order chi connectivity index (χ1) is 9.06. The number of amides is 1. The highest BCUT2D eigenvalue weighted by molar-refractivity contribution is 5.95. The number of methoxy groups -OCH3 is 1. The maximum atomic E-state index is 12.5. The molecule has 1 N–H and O–H groups in total. The summed E-state index contributed by atoms with van der Waals surface area (Å²) >= 11 is 0. The summed E-state index contributed by atoms with van der Waals surface area (Å²) in [5, 5.41) is 9.38. The SMILES string of the molecule is CO[C@@H]1C[C@@H](CO)N(C(=O)c2cnc(C)nc2C)C1. The summed E-state index contributed by atoms with van der Waals surface area (Å²) < 4.78 is 5.27. The fourth-order valence-corrected chi connectivity index (χ4v) is 2.41. The third-order valence-corrected chi connectivity index (χ3v) is 3.51. The lowest BCUT2D eigenvalue weighted by Crippen LogP contribution is -2.38. The van der Waals surface area contributed by atoms with E-state index in [4.69, 9.17) is 4.74 Å². The lowest BCUT2D eigenvalue weighted by atomic mass is 10.2. The number of carbonyl (C=O) groups is 1. The summed E-state index contributed by atoms with van der Waals surface area (Å²) in [5.41, 5.74) is 1.15. The van der Waals surface area contributed by atoms with Crippen molar-refractivity contribution in [2.24, 2.45) is 0 Å². The van der Waals surface area contributed by atoms with Crippen LogP contribution in [-0.4, -0.2) is 58.3 Å². The van der Waals surface area contributed by atoms with Gasteiger partial charge in [0.1, 0.15) is 5.82 Å². The van der Waals surface area contributed by atoms with Crippen LogP contribution in [0.1, 0.15) is 28.3 Å². The fraction of sp³-hybridized carbons (Fsp3) is 0.615. The Labute approximate surface area is 112 Å². The molecule has 1 fully saturated rings. The maximum Gasteiger partial charge on any atom is 0.257 e. The molecule has 6 nitrogen and oxygen atoms in total. The standard InChI is InChI=1S/C13H19N3O3/c1-8-12(5-14-9(2)15-8)13(18)16-6-11(19-3)4-10(16)7-17/h5,10-11,17H,4,6-7H2,1-3H3/t10-,11+/m0/s1. The molecule has 0 radical (unpaired) electrons. The van der Waals surface area contributed by atoms with Crippen molar-refractivity contribution in [1.82, 2.24) is 14.9 Å². The van der Waals surface area contributed by atoms with Crippen LogP contribution in [0.2, 0.25) is 0 Å². The van der Waals surface area contributed by atoms with Gasteiger partial charge in [-0.05, 0) is 20.3 Å². The van der Waals surface area contributed by atoms with Crippen LogP contribution >= 0.6 is 0 Å². The van der Waals surface area contributed by atoms with Crippen LogP contribution in [0.3, 0.4) is 0 Å². The summed E-state index contributed by atoms with van der Waals surface area (Å²) in [6.45, 7) is 4.01. The van der Waals surface area contributed by atoms with Crippen LogP contribution in [0.5, 0.6) is 0 Å². The third-order valence-electron chi connectivity index (χ3n) is 3.51. The largest absolute Gasteiger partial charge is 0.394 e. The minimum Gasteiger partial charge on any atom is -0.394 e. The fourth-order valence-electron chi connectivity index (χ4n) is 2.41. The van der Waals surface area contributed by atoms with E-state index in [1.807, 2.05) is 0 Å². The Balaban J connectivity index is 2.23. The van der Waals surface area contributed by atoms with Gasteiger partial charge < -0.3 is 14.7 Å². The maximum absolute atomic E-state index is 12.5. The molecule has 2 rings (SSSR count). The van der Waals surface area contributed by atoms with E-state index < -0.39 is 0 Å². The zero-order valence-corrected chi connectivity index (χ0v) is 11.5. The first-order valence-corrected chi connectivity index (χ1v) is 6.31. The van der Waals surface area contributed by atoms with Crippen LogP contribution in [0.4, 0.5) is 0 Å². The average Bonchev–Trinajstić information content (AvgIpc) is 2.81. The molecule has 0 aliphatic carbocycles. The zero-order valence-electron chi connectivity index (χ0n) is 11.5. The predicted octanol–water partition coefficient (Wildman–Crippen LogP) is 0.315. The van der Waals surface area contributed by atoms with E-state index in [9.17, 15) is 9.90 Å². The molecular formula is C13H19N3O3. The molecule has 104 valence electrons. The number of hydrogen-bond acceptors (Lipinski definition) is 5. The molecule has 1 aliphatic heterocycles. The van der Waals surface area contributed by atoms with Gasteiger partial charge in [0, 0.05) is 19.9 Å². The van der Waals surface area contributed by atoms with Gasteiger partial charge in [0.05, 0.1) is 30.0 Å². The third kappa shape index (κ3) is 2.74. The van der Waals surface area contributed by atoms with Crippen LogP contribution in [0, 0.1) is 13.8 Å². The Morgan fingerprint density at radius 3 is 2.89 bits per heavy atom. The Morgan fingerprint density at radius 1 is 1.58 bits per heavy atom. The van der Waals surface area contributed by atoms with Crippen molar-refractivity contribution in [3.63, 3.8) is 0 Å². The smallest absolute Gasteiger partial charge is 0.257 e. The van der Waals surface area contributed by atoms with Gasteiger partial charge in [-0.3, -0.25) is 4.79 Å². The Hall–Kier alpha value is -1.53. The lowest BCUT2D eigenvalue weighted by molar-refractivity contribution is 0.0646. The van der Waals surface area contributed by atoms with Crippen molar-refractivity contribution in [2.45, 2.75) is 32.4 Å². The van der Waals surface area contributed by atoms with Crippen molar-refractivity contribution in [3.8, 4) is 0 Å². The van der Waals surface area contributed by atoms with Gasteiger partial charge in [-0.1, -0.05) is 0 Å². The molecule has 1 amide bonds. The molecule has 2 atom stereocenters. The number of aliphatic hydroxyl groups is 1. The number of carbonyl (C=O) groups excluding carboxylic acids is 1. The van der Waals surface area contributed by atoms with Crippen molar-refractivity contribution in [2.75, 3.05) is 20.3 Å². The van der Waals surface area contributed by atoms with Gasteiger partial charge in [0.2, 0.25) is 0 Å². The second kappa shape index (κ2) is 5.63. The molecule has 0 spiro atoms. The van der Waals surface area contributed by atoms with E-state index in [2.05, 4.69) is 9.97 Å². The van der Waals surface area contributed by atoms with Crippen molar-refractivity contribution in [1.29, 1.82) is 0 Å². The summed E-state index contributed by atoms with van der Waals surface area (Å²) in [4.78, 5) is 22.4. The quantitative estimate of drug-likeness (QED) is 0.851. The molecule has 0 unspecified atom stereocenters. The van der Waals surface area contributed by atoms with Gasteiger partial charge >= 0.3 is 0 Å². The second-order valence-corrected chi connectivity index (χ2v) is 4.80. The van der Waals surface area contributed by atoms with Gasteiger partial charge in [-0.25, -0.2) is 9.97 Å². The number of aryl methyl sites for hydroxylation is 2. The number of nitrogens with zero attached hydrogens (tertiary/aromatic N) is 3. The summed E-state index contributed by atoms with van der Waals surface area (Å²) in [6.07, 6.45) is 2.19. The summed E-state index contributed by atoms with van der Waals surface area (Å²) in [5.74, 6) is 0.500. The Morgan fingerprint density at radius 2 is 2.32 bits per heavy atom. The minimum atomic E-state index is -0.196. The van der Waals surface area contributed by atoms with Gasteiger partial charge in [-0.2, -0.15) is 0 Å². The molecule has 1 aromatic rings. The number of aliphatic hydroxyl groups excluding tert-OH is 1. The Bertz CT molecular complexity index is 478. The lowest BCUT2D eigenvalue weighted by Gasteiger charge is -2.23. The molecule has 0 aromatic carbocycles. The predicted molar refractivity (Wildman–Crippen MR) is 68.8 cm³/mol. The van der Waals surface area contributed by atoms with Crippen molar-refractivity contribution in [3.05, 3.63) is 23.3 Å². The molecule has 1 aromatic heterocycles. The molecule has 1 saturated heterocycles. The summed E-state index contributed by atoms with van der Waals surface area (Å²) in [7, 11) is 1.62. The molecule has 0 bridgehead atoms. The topological polar surface area (TPSA) is 75.6 Å². The number of rotatable bonds is 3. The molecular weight excluding hydrogens is 246 g/mol. The molecule has 6 heteroatoms. The van der Waals surface area contributed by atoms with E-state index in [0.717, 1.165) is 0 Å². The van der Waals surface area contributed by atoms with Gasteiger partial charge in [-0.15, -0.1) is 0 Å². The van der Waals surface area contributed by atoms with E-state index in [0.29, 0.717) is 30.0 Å². The van der Waals surface area contributed by atoms with Gasteiger partial charge in [0.25, 0.3) is 5.91 Å². The molecule has 0 saturated carbocycles. The summed E-state index contributed by atoms with van der Waals surface area (Å²) in [6, 6.07) is -0.196. The highest BCUT2D eigenvalue weighted by Gasteiger charge is 2.35. The van der Waals surface area contributed by atoms with E-state index in [-0.39, 0.29) is 24.7 Å². The molecule has 1 aliphatic rings. The molecule has 19 heavy (non-hydrogen) atoms. The average molecular weight is 265 g/mol. The van der Waals surface area contributed by atoms with Crippen molar-refractivity contribution >= 4 is 5.91 Å². The first kappa shape index (κ1) is 13.9. The minimum absolute atomic E-state index is 0.0206. The van der Waals surface area contributed by atoms with Crippen LogP contribution in [-0.2, 0) is 4.74 Å². The van der Waals surface area contributed by atoms with Crippen LogP contribution in [0.25, 0.3) is 0 Å². The van der Waals surface area contributed by atoms with E-state index >= 15 is 0 Å². The molecule has 2 heterocycles. The zero-order chi connectivity index (χ0) is 14.0. The monoisotopic (exact) mass is 265 g/mol. The highest BCUT2D eigenvalue weighted by atomic mass is 16.5. The first-order valence-electron chi connectivity index (χ1n) is 6.31. The van der Waals surface area contributed by atoms with E-state index in [1.54, 1.807) is 32.1 Å². The number of likely N-dealkylation sites (tertiary alicyclic amines) is 1. The second-order valence-electron chi connectivity index (χ2n) is 4.80.